The molecule has 0 saturated heterocycles. The summed E-state index contributed by atoms with van der Waals surface area (Å²) in [6.07, 6.45) is 0.580. The van der Waals surface area contributed by atoms with Gasteiger partial charge in [0.05, 0.1) is 5.02 Å². The van der Waals surface area contributed by atoms with Gasteiger partial charge in [0.25, 0.3) is 0 Å². The third-order valence-electron chi connectivity index (χ3n) is 1.68. The molecule has 0 fully saturated rings. The zero-order valence-electron chi connectivity index (χ0n) is 8.72. The van der Waals surface area contributed by atoms with E-state index in [-0.39, 0.29) is 10.9 Å². The number of benzene rings is 1. The van der Waals surface area contributed by atoms with Crippen LogP contribution < -0.4 is 0 Å². The van der Waals surface area contributed by atoms with Crippen molar-refractivity contribution in [2.75, 3.05) is 5.75 Å². The quantitative estimate of drug-likeness (QED) is 0.595. The first-order valence-electron chi connectivity index (χ1n) is 4.67. The van der Waals surface area contributed by atoms with E-state index in [0.29, 0.717) is 22.8 Å². The first kappa shape index (κ1) is 13.1. The van der Waals surface area contributed by atoms with Crippen LogP contribution in [0.1, 0.15) is 18.9 Å². The molecule has 0 amide bonds. The van der Waals surface area contributed by atoms with Gasteiger partial charge in [0.1, 0.15) is 5.82 Å². The van der Waals surface area contributed by atoms with Crippen LogP contribution in [0.2, 0.25) is 5.02 Å². The Kier molecular flexibility index (Phi) is 5.37. The average molecular weight is 257 g/mol. The minimum absolute atomic E-state index is 0.0746. The van der Waals surface area contributed by atoms with Gasteiger partial charge >= 0.3 is 0 Å². The van der Waals surface area contributed by atoms with Crippen LogP contribution in [0.15, 0.2) is 18.2 Å². The van der Waals surface area contributed by atoms with Crippen molar-refractivity contribution in [1.82, 2.24) is 0 Å². The highest BCUT2D eigenvalue weighted by molar-refractivity contribution is 8.13. The van der Waals surface area contributed by atoms with E-state index in [1.54, 1.807) is 0 Å². The van der Waals surface area contributed by atoms with E-state index in [9.17, 15) is 9.18 Å². The lowest BCUT2D eigenvalue weighted by Crippen LogP contribution is -1.84. The van der Waals surface area contributed by atoms with Crippen LogP contribution in [0.3, 0.4) is 0 Å². The maximum absolute atomic E-state index is 12.9. The number of halogens is 2. The lowest BCUT2D eigenvalue weighted by atomic mass is 10.2. The minimum atomic E-state index is -0.355. The molecule has 1 nitrogen and oxygen atoms in total. The predicted molar refractivity (Wildman–Crippen MR) is 66.0 cm³/mol. The number of thioether (sulfide) groups is 1. The van der Waals surface area contributed by atoms with Crippen molar-refractivity contribution in [2.24, 2.45) is 0 Å². The monoisotopic (exact) mass is 256 g/mol. The fraction of sp³-hybridized carbons (Fsp3) is 0.250. The molecule has 1 aromatic carbocycles. The van der Waals surface area contributed by atoms with Crippen molar-refractivity contribution in [2.45, 2.75) is 13.3 Å². The first-order chi connectivity index (χ1) is 7.59. The molecule has 0 saturated carbocycles. The topological polar surface area (TPSA) is 17.1 Å². The molecular formula is C12H10ClFOS. The maximum atomic E-state index is 12.9. The van der Waals surface area contributed by atoms with E-state index < -0.39 is 0 Å². The number of hydrogen-bond donors (Lipinski definition) is 0. The third-order valence-corrected chi connectivity index (χ3v) is 2.83. The molecule has 84 valence electrons. The molecule has 4 heteroatoms. The molecule has 1 rings (SSSR count). The molecule has 0 aliphatic heterocycles. The molecule has 0 unspecified atom stereocenters. The Bertz CT molecular complexity index is 448. The second-order valence-electron chi connectivity index (χ2n) is 3.02. The minimum Gasteiger partial charge on any atom is -0.288 e. The van der Waals surface area contributed by atoms with Crippen molar-refractivity contribution in [3.63, 3.8) is 0 Å². The molecule has 0 spiro atoms. The van der Waals surface area contributed by atoms with Crippen LogP contribution in [0.5, 0.6) is 0 Å². The van der Waals surface area contributed by atoms with Gasteiger partial charge in [0.2, 0.25) is 0 Å². The highest BCUT2D eigenvalue weighted by Gasteiger charge is 1.98. The second kappa shape index (κ2) is 6.57. The van der Waals surface area contributed by atoms with Crippen LogP contribution in [-0.4, -0.2) is 10.9 Å². The summed E-state index contributed by atoms with van der Waals surface area (Å²) in [5, 5.41) is 0.513. The summed E-state index contributed by atoms with van der Waals surface area (Å²) in [6.45, 7) is 1.52. The number of hydrogen-bond acceptors (Lipinski definition) is 2. The Balaban J connectivity index is 2.56. The fourth-order valence-corrected chi connectivity index (χ4v) is 1.65. The summed E-state index contributed by atoms with van der Waals surface area (Å²) < 4.78 is 12.9. The highest BCUT2D eigenvalue weighted by atomic mass is 35.5. The largest absolute Gasteiger partial charge is 0.288 e. The highest BCUT2D eigenvalue weighted by Crippen LogP contribution is 2.15. The molecule has 0 radical (unpaired) electrons. The maximum Gasteiger partial charge on any atom is 0.185 e. The Morgan fingerprint density at radius 1 is 1.56 bits per heavy atom. The average Bonchev–Trinajstić information content (AvgIpc) is 2.22. The van der Waals surface area contributed by atoms with Gasteiger partial charge < -0.3 is 0 Å². The van der Waals surface area contributed by atoms with E-state index in [0.717, 1.165) is 0 Å². The second-order valence-corrected chi connectivity index (χ2v) is 4.70. The molecule has 0 N–H and O–H groups in total. The molecule has 0 aliphatic carbocycles. The fourth-order valence-electron chi connectivity index (χ4n) is 0.997. The smallest absolute Gasteiger partial charge is 0.185 e. The van der Waals surface area contributed by atoms with Crippen molar-refractivity contribution in [1.29, 1.82) is 0 Å². The molecule has 16 heavy (non-hydrogen) atoms. The summed E-state index contributed by atoms with van der Waals surface area (Å²) in [4.78, 5) is 10.6. The van der Waals surface area contributed by atoms with Crippen molar-refractivity contribution < 1.29 is 9.18 Å². The van der Waals surface area contributed by atoms with Crippen molar-refractivity contribution in [3.05, 3.63) is 34.6 Å². The van der Waals surface area contributed by atoms with Crippen LogP contribution in [-0.2, 0) is 4.79 Å². The Labute approximate surface area is 103 Å². The SMILES string of the molecule is CC(=O)SCCC#Cc1cc(F)ccc1Cl. The van der Waals surface area contributed by atoms with Gasteiger partial charge in [-0.05, 0) is 18.2 Å². The van der Waals surface area contributed by atoms with Crippen LogP contribution in [0.4, 0.5) is 4.39 Å². The Morgan fingerprint density at radius 2 is 2.31 bits per heavy atom. The van der Waals surface area contributed by atoms with Gasteiger partial charge in [0.15, 0.2) is 5.12 Å². The van der Waals surface area contributed by atoms with Gasteiger partial charge in [-0.25, -0.2) is 4.39 Å². The van der Waals surface area contributed by atoms with Gasteiger partial charge in [-0.3, -0.25) is 4.79 Å². The zero-order valence-corrected chi connectivity index (χ0v) is 10.3. The summed E-state index contributed by atoms with van der Waals surface area (Å²) in [6, 6.07) is 4.07. The summed E-state index contributed by atoms with van der Waals surface area (Å²) in [5.41, 5.74) is 0.481. The van der Waals surface area contributed by atoms with Gasteiger partial charge in [-0.2, -0.15) is 0 Å². The third kappa shape index (κ3) is 4.69. The molecule has 1 aromatic rings. The first-order valence-corrected chi connectivity index (χ1v) is 6.03. The molecule has 0 atom stereocenters. The van der Waals surface area contributed by atoms with E-state index in [4.69, 9.17) is 11.6 Å². The molecule has 0 bridgehead atoms. The van der Waals surface area contributed by atoms with E-state index in [1.165, 1.54) is 36.9 Å². The Morgan fingerprint density at radius 3 is 3.00 bits per heavy atom. The number of rotatable bonds is 2. The normalized spacial score (nSPS) is 9.44. The number of carbonyl (C=O) groups excluding carboxylic acids is 1. The molecular weight excluding hydrogens is 247 g/mol. The van der Waals surface area contributed by atoms with Crippen LogP contribution in [0, 0.1) is 17.7 Å². The predicted octanol–water partition coefficient (Wildman–Crippen LogP) is 3.50. The standard InChI is InChI=1S/C12H10ClFOS/c1-9(15)16-7-3-2-4-10-8-11(14)5-6-12(10)13/h5-6,8H,3,7H2,1H3. The van der Waals surface area contributed by atoms with Crippen LogP contribution in [0.25, 0.3) is 0 Å². The van der Waals surface area contributed by atoms with Gasteiger partial charge in [0, 0.05) is 24.7 Å². The summed E-state index contributed by atoms with van der Waals surface area (Å²) in [5.74, 6) is 5.93. The Hall–Kier alpha value is -0.980. The molecule has 0 heterocycles. The summed E-state index contributed by atoms with van der Waals surface area (Å²) in [7, 11) is 0. The van der Waals surface area contributed by atoms with E-state index >= 15 is 0 Å². The number of carbonyl (C=O) groups is 1. The lowest BCUT2D eigenvalue weighted by molar-refractivity contribution is -0.109. The van der Waals surface area contributed by atoms with Crippen LogP contribution >= 0.6 is 23.4 Å². The summed E-state index contributed by atoms with van der Waals surface area (Å²) >= 11 is 7.06. The van der Waals surface area contributed by atoms with Crippen molar-refractivity contribution >= 4 is 28.5 Å². The van der Waals surface area contributed by atoms with Crippen molar-refractivity contribution in [3.8, 4) is 11.8 Å². The zero-order chi connectivity index (χ0) is 12.0. The lowest BCUT2D eigenvalue weighted by Gasteiger charge is -1.95. The van der Waals surface area contributed by atoms with E-state index in [2.05, 4.69) is 11.8 Å². The molecule has 0 aromatic heterocycles. The van der Waals surface area contributed by atoms with E-state index in [1.807, 2.05) is 0 Å². The van der Waals surface area contributed by atoms with Gasteiger partial charge in [-0.1, -0.05) is 35.2 Å². The molecule has 0 aliphatic rings. The van der Waals surface area contributed by atoms with Gasteiger partial charge in [-0.15, -0.1) is 0 Å².